The highest BCUT2D eigenvalue weighted by Gasteiger charge is 2.36. The van der Waals surface area contributed by atoms with Gasteiger partial charge in [-0.25, -0.2) is 8.42 Å². The van der Waals surface area contributed by atoms with Crippen molar-refractivity contribution in [1.82, 2.24) is 4.90 Å². The van der Waals surface area contributed by atoms with Crippen LogP contribution in [-0.2, 0) is 20.4 Å². The summed E-state index contributed by atoms with van der Waals surface area (Å²) in [5, 5.41) is 0. The van der Waals surface area contributed by atoms with E-state index in [-0.39, 0.29) is 23.5 Å². The maximum Gasteiger partial charge on any atom is 0.238 e. The van der Waals surface area contributed by atoms with E-state index in [1.165, 1.54) is 19.3 Å². The fourth-order valence-electron chi connectivity index (χ4n) is 4.45. The minimum Gasteiger partial charge on any atom is -0.339 e. The Morgan fingerprint density at radius 1 is 1.12 bits per heavy atom. The Morgan fingerprint density at radius 2 is 1.84 bits per heavy atom. The Balaban J connectivity index is 1.69. The number of benzene rings is 1. The summed E-state index contributed by atoms with van der Waals surface area (Å²) in [6.45, 7) is 4.60. The predicted octanol–water partition coefficient (Wildman–Crippen LogP) is 3.40. The van der Waals surface area contributed by atoms with Gasteiger partial charge in [0, 0.05) is 12.6 Å². The van der Waals surface area contributed by atoms with Crippen LogP contribution in [0.3, 0.4) is 0 Å². The van der Waals surface area contributed by atoms with Crippen LogP contribution in [0.5, 0.6) is 0 Å². The molecule has 0 radical (unpaired) electrons. The molecule has 25 heavy (non-hydrogen) atoms. The standard InChI is InChI=1S/C20H29NO3S/c1-15-9-10-16(2)18(12-15)13-25(23,24)14-20(22)21-11-5-7-17-6-3-4-8-19(17)21/h9-10,12,17,19H,3-8,11,13-14H2,1-2H3. The van der Waals surface area contributed by atoms with E-state index in [9.17, 15) is 13.2 Å². The van der Waals surface area contributed by atoms with Crippen molar-refractivity contribution >= 4 is 15.7 Å². The van der Waals surface area contributed by atoms with Gasteiger partial charge in [0.15, 0.2) is 9.84 Å². The molecule has 1 amide bonds. The molecule has 2 atom stereocenters. The smallest absolute Gasteiger partial charge is 0.238 e. The van der Waals surface area contributed by atoms with Gasteiger partial charge < -0.3 is 4.90 Å². The highest BCUT2D eigenvalue weighted by atomic mass is 32.2. The normalized spacial score (nSPS) is 24.0. The van der Waals surface area contributed by atoms with Gasteiger partial charge in [0.1, 0.15) is 5.75 Å². The van der Waals surface area contributed by atoms with Gasteiger partial charge in [0.05, 0.1) is 5.75 Å². The highest BCUT2D eigenvalue weighted by molar-refractivity contribution is 7.91. The van der Waals surface area contributed by atoms with Gasteiger partial charge in [-0.1, -0.05) is 36.6 Å². The molecule has 3 rings (SSSR count). The largest absolute Gasteiger partial charge is 0.339 e. The molecule has 0 bridgehead atoms. The summed E-state index contributed by atoms with van der Waals surface area (Å²) in [6.07, 6.45) is 6.80. The van der Waals surface area contributed by atoms with E-state index >= 15 is 0 Å². The lowest BCUT2D eigenvalue weighted by atomic mass is 9.78. The van der Waals surface area contributed by atoms with Crippen LogP contribution in [0.25, 0.3) is 0 Å². The van der Waals surface area contributed by atoms with Crippen molar-refractivity contribution in [1.29, 1.82) is 0 Å². The second kappa shape index (κ2) is 7.48. The molecule has 1 aliphatic heterocycles. The van der Waals surface area contributed by atoms with Crippen molar-refractivity contribution in [3.8, 4) is 0 Å². The minimum absolute atomic E-state index is 0.0474. The van der Waals surface area contributed by atoms with Crippen LogP contribution >= 0.6 is 0 Å². The number of carbonyl (C=O) groups excluding carboxylic acids is 1. The fourth-order valence-corrected chi connectivity index (χ4v) is 5.88. The first kappa shape index (κ1) is 18.4. The monoisotopic (exact) mass is 363 g/mol. The molecule has 2 aliphatic rings. The topological polar surface area (TPSA) is 54.5 Å². The summed E-state index contributed by atoms with van der Waals surface area (Å²) in [6, 6.07) is 6.10. The van der Waals surface area contributed by atoms with Gasteiger partial charge >= 0.3 is 0 Å². The third-order valence-electron chi connectivity index (χ3n) is 5.79. The first-order valence-corrected chi connectivity index (χ1v) is 11.2. The number of hydrogen-bond acceptors (Lipinski definition) is 3. The number of amides is 1. The van der Waals surface area contributed by atoms with Crippen LogP contribution < -0.4 is 0 Å². The number of aryl methyl sites for hydroxylation is 2. The number of nitrogens with zero attached hydrogens (tertiary/aromatic N) is 1. The van der Waals surface area contributed by atoms with Crippen LogP contribution in [0.2, 0.25) is 0 Å². The summed E-state index contributed by atoms with van der Waals surface area (Å²) in [5.74, 6) is -0.0206. The molecular weight excluding hydrogens is 334 g/mol. The Bertz CT molecular complexity index is 739. The lowest BCUT2D eigenvalue weighted by Gasteiger charge is -2.44. The first-order chi connectivity index (χ1) is 11.9. The average Bonchev–Trinajstić information content (AvgIpc) is 2.57. The summed E-state index contributed by atoms with van der Waals surface area (Å²) in [7, 11) is -3.45. The molecule has 0 spiro atoms. The number of likely N-dealkylation sites (tertiary alicyclic amines) is 1. The number of piperidine rings is 1. The summed E-state index contributed by atoms with van der Waals surface area (Å²) >= 11 is 0. The van der Waals surface area contributed by atoms with Crippen LogP contribution in [0.15, 0.2) is 18.2 Å². The predicted molar refractivity (Wildman–Crippen MR) is 100 cm³/mol. The molecule has 0 aromatic heterocycles. The zero-order valence-corrected chi connectivity index (χ0v) is 16.1. The number of carbonyl (C=O) groups is 1. The van der Waals surface area contributed by atoms with Crippen LogP contribution in [0, 0.1) is 19.8 Å². The zero-order chi connectivity index (χ0) is 18.0. The van der Waals surface area contributed by atoms with Gasteiger partial charge in [-0.15, -0.1) is 0 Å². The Hall–Kier alpha value is -1.36. The molecule has 1 aliphatic carbocycles. The van der Waals surface area contributed by atoms with Crippen molar-refractivity contribution < 1.29 is 13.2 Å². The van der Waals surface area contributed by atoms with E-state index in [2.05, 4.69) is 0 Å². The Labute approximate surface area is 151 Å². The zero-order valence-electron chi connectivity index (χ0n) is 15.3. The van der Waals surface area contributed by atoms with Gasteiger partial charge in [-0.2, -0.15) is 0 Å². The highest BCUT2D eigenvalue weighted by Crippen LogP contribution is 2.35. The lowest BCUT2D eigenvalue weighted by Crippen LogP contribution is -2.51. The van der Waals surface area contributed by atoms with Gasteiger partial charge in [-0.05, 0) is 56.6 Å². The van der Waals surface area contributed by atoms with Gasteiger partial charge in [0.2, 0.25) is 5.91 Å². The molecule has 1 saturated carbocycles. The van der Waals surface area contributed by atoms with Crippen molar-refractivity contribution in [3.63, 3.8) is 0 Å². The minimum atomic E-state index is -3.45. The van der Waals surface area contributed by atoms with Crippen LogP contribution in [0.1, 0.15) is 55.2 Å². The van der Waals surface area contributed by atoms with Crippen molar-refractivity contribution in [2.75, 3.05) is 12.3 Å². The maximum absolute atomic E-state index is 12.8. The van der Waals surface area contributed by atoms with Crippen LogP contribution in [-0.4, -0.2) is 37.6 Å². The lowest BCUT2D eigenvalue weighted by molar-refractivity contribution is -0.134. The quantitative estimate of drug-likeness (QED) is 0.824. The van der Waals surface area contributed by atoms with E-state index in [0.717, 1.165) is 42.5 Å². The number of hydrogen-bond donors (Lipinski definition) is 0. The van der Waals surface area contributed by atoms with Crippen molar-refractivity contribution in [2.24, 2.45) is 5.92 Å². The van der Waals surface area contributed by atoms with E-state index < -0.39 is 9.84 Å². The van der Waals surface area contributed by atoms with E-state index in [4.69, 9.17) is 0 Å². The van der Waals surface area contributed by atoms with E-state index in [1.807, 2.05) is 36.9 Å². The molecule has 138 valence electrons. The molecule has 2 fully saturated rings. The van der Waals surface area contributed by atoms with E-state index in [1.54, 1.807) is 0 Å². The summed E-state index contributed by atoms with van der Waals surface area (Å²) in [4.78, 5) is 14.6. The maximum atomic E-state index is 12.8. The fraction of sp³-hybridized carbons (Fsp3) is 0.650. The molecule has 4 nitrogen and oxygen atoms in total. The average molecular weight is 364 g/mol. The molecule has 2 unspecified atom stereocenters. The number of fused-ring (bicyclic) bond motifs is 1. The van der Waals surface area contributed by atoms with Crippen molar-refractivity contribution in [2.45, 2.75) is 64.2 Å². The third-order valence-corrected chi connectivity index (χ3v) is 7.22. The van der Waals surface area contributed by atoms with Crippen molar-refractivity contribution in [3.05, 3.63) is 34.9 Å². The van der Waals surface area contributed by atoms with Gasteiger partial charge in [0.25, 0.3) is 0 Å². The number of sulfone groups is 1. The van der Waals surface area contributed by atoms with E-state index in [0.29, 0.717) is 5.92 Å². The SMILES string of the molecule is Cc1ccc(C)c(CS(=O)(=O)CC(=O)N2CCCC3CCCCC32)c1. The Kier molecular flexibility index (Phi) is 5.52. The van der Waals surface area contributed by atoms with Gasteiger partial charge in [-0.3, -0.25) is 4.79 Å². The summed E-state index contributed by atoms with van der Waals surface area (Å²) < 4.78 is 25.3. The molecule has 5 heteroatoms. The molecule has 0 N–H and O–H groups in total. The molecule has 1 aromatic rings. The molecule has 1 heterocycles. The molecular formula is C20H29NO3S. The Morgan fingerprint density at radius 3 is 2.64 bits per heavy atom. The van der Waals surface area contributed by atoms with Crippen LogP contribution in [0.4, 0.5) is 0 Å². The first-order valence-electron chi connectivity index (χ1n) is 9.42. The third kappa shape index (κ3) is 4.43. The molecule has 1 aromatic carbocycles. The molecule has 1 saturated heterocycles. The summed E-state index contributed by atoms with van der Waals surface area (Å²) in [5.41, 5.74) is 2.82. The second-order valence-electron chi connectivity index (χ2n) is 7.80. The second-order valence-corrected chi connectivity index (χ2v) is 9.87. The number of rotatable bonds is 4.